The molecule has 0 amide bonds. The summed E-state index contributed by atoms with van der Waals surface area (Å²) in [6.07, 6.45) is 0. The number of rotatable bonds is 5. The Kier molecular flexibility index (Phi) is 4.15. The van der Waals surface area contributed by atoms with E-state index in [9.17, 15) is 4.79 Å². The number of nitrogens with zero attached hydrogens (tertiary/aromatic N) is 2. The van der Waals surface area contributed by atoms with Crippen molar-refractivity contribution in [2.24, 2.45) is 0 Å². The highest BCUT2D eigenvalue weighted by atomic mass is 32.2. The zero-order valence-electron chi connectivity index (χ0n) is 13.4. The number of ether oxygens (including phenoxy) is 1. The standard InChI is InChI=1S/C18H14N2O4S/c1-11-19-17(20-24-11)9-25-10-18(21)22-12-6-7-16-14(8-12)13-4-2-3-5-15(13)23-16/h2-8H,9-10H2,1H3. The van der Waals surface area contributed by atoms with Crippen LogP contribution in [0, 0.1) is 6.92 Å². The van der Waals surface area contributed by atoms with Gasteiger partial charge in [0.15, 0.2) is 5.82 Å². The van der Waals surface area contributed by atoms with Crippen LogP contribution >= 0.6 is 11.8 Å². The molecule has 0 radical (unpaired) electrons. The molecule has 0 unspecified atom stereocenters. The summed E-state index contributed by atoms with van der Waals surface area (Å²) in [4.78, 5) is 16.1. The monoisotopic (exact) mass is 354 g/mol. The van der Waals surface area contributed by atoms with Gasteiger partial charge < -0.3 is 13.7 Å². The molecule has 0 spiro atoms. The highest BCUT2D eigenvalue weighted by molar-refractivity contribution is 7.99. The number of carbonyl (C=O) groups excluding carboxylic acids is 1. The first-order valence-corrected chi connectivity index (χ1v) is 8.83. The largest absolute Gasteiger partial charge is 0.456 e. The Morgan fingerprint density at radius 1 is 1.16 bits per heavy atom. The summed E-state index contributed by atoms with van der Waals surface area (Å²) < 4.78 is 16.1. The Morgan fingerprint density at radius 3 is 2.84 bits per heavy atom. The molecule has 0 bridgehead atoms. The van der Waals surface area contributed by atoms with E-state index in [1.807, 2.05) is 36.4 Å². The molecule has 2 heterocycles. The smallest absolute Gasteiger partial charge is 0.321 e. The SMILES string of the molecule is Cc1nc(CSCC(=O)Oc2ccc3oc4ccccc4c3c2)no1. The van der Waals surface area contributed by atoms with Gasteiger partial charge in [0.25, 0.3) is 0 Å². The van der Waals surface area contributed by atoms with E-state index in [-0.39, 0.29) is 11.7 Å². The third-order valence-corrected chi connectivity index (χ3v) is 4.50. The number of furan rings is 1. The summed E-state index contributed by atoms with van der Waals surface area (Å²) in [7, 11) is 0. The van der Waals surface area contributed by atoms with Crippen LogP contribution in [0.2, 0.25) is 0 Å². The number of fused-ring (bicyclic) bond motifs is 3. The van der Waals surface area contributed by atoms with Gasteiger partial charge in [-0.1, -0.05) is 23.4 Å². The summed E-state index contributed by atoms with van der Waals surface area (Å²) >= 11 is 1.38. The zero-order chi connectivity index (χ0) is 17.2. The maximum absolute atomic E-state index is 12.0. The van der Waals surface area contributed by atoms with E-state index in [1.165, 1.54) is 11.8 Å². The van der Waals surface area contributed by atoms with E-state index >= 15 is 0 Å². The predicted octanol–water partition coefficient (Wildman–Crippen LogP) is 4.12. The van der Waals surface area contributed by atoms with Crippen LogP contribution in [0.4, 0.5) is 0 Å². The van der Waals surface area contributed by atoms with Crippen LogP contribution in [0.15, 0.2) is 51.4 Å². The average molecular weight is 354 g/mol. The summed E-state index contributed by atoms with van der Waals surface area (Å²) in [5.41, 5.74) is 1.58. The molecule has 6 nitrogen and oxygen atoms in total. The lowest BCUT2D eigenvalue weighted by molar-refractivity contribution is -0.131. The number of para-hydroxylation sites is 1. The summed E-state index contributed by atoms with van der Waals surface area (Å²) in [6, 6.07) is 13.1. The quantitative estimate of drug-likeness (QED) is 0.394. The van der Waals surface area contributed by atoms with Crippen LogP contribution in [0.25, 0.3) is 21.9 Å². The van der Waals surface area contributed by atoms with Crippen molar-refractivity contribution in [1.29, 1.82) is 0 Å². The predicted molar refractivity (Wildman–Crippen MR) is 94.6 cm³/mol. The Labute approximate surface area is 147 Å². The normalized spacial score (nSPS) is 11.2. The van der Waals surface area contributed by atoms with Crippen LogP contribution in [-0.4, -0.2) is 21.9 Å². The van der Waals surface area contributed by atoms with Gasteiger partial charge in [0.2, 0.25) is 5.89 Å². The first-order chi connectivity index (χ1) is 12.2. The number of carbonyl (C=O) groups is 1. The van der Waals surface area contributed by atoms with Gasteiger partial charge in [0, 0.05) is 17.7 Å². The van der Waals surface area contributed by atoms with E-state index in [4.69, 9.17) is 13.7 Å². The molecular formula is C18H14N2O4S. The van der Waals surface area contributed by atoms with Gasteiger partial charge in [-0.25, -0.2) is 0 Å². The molecule has 0 fully saturated rings. The molecule has 0 N–H and O–H groups in total. The molecule has 2 aromatic heterocycles. The number of hydrogen-bond acceptors (Lipinski definition) is 7. The zero-order valence-corrected chi connectivity index (χ0v) is 14.2. The Morgan fingerprint density at radius 2 is 2.00 bits per heavy atom. The third kappa shape index (κ3) is 3.36. The minimum Gasteiger partial charge on any atom is -0.456 e. The molecule has 4 aromatic rings. The molecular weight excluding hydrogens is 340 g/mol. The molecule has 4 rings (SSSR count). The third-order valence-electron chi connectivity index (χ3n) is 3.60. The number of aromatic nitrogens is 2. The minimum atomic E-state index is -0.322. The van der Waals surface area contributed by atoms with Crippen LogP contribution in [0.1, 0.15) is 11.7 Å². The van der Waals surface area contributed by atoms with Gasteiger partial charge in [-0.2, -0.15) is 4.98 Å². The van der Waals surface area contributed by atoms with E-state index in [2.05, 4.69) is 10.1 Å². The van der Waals surface area contributed by atoms with Crippen molar-refractivity contribution >= 4 is 39.7 Å². The molecule has 0 aliphatic heterocycles. The fourth-order valence-corrected chi connectivity index (χ4v) is 3.18. The lowest BCUT2D eigenvalue weighted by Crippen LogP contribution is -2.10. The molecule has 7 heteroatoms. The maximum atomic E-state index is 12.0. The minimum absolute atomic E-state index is 0.206. The van der Waals surface area contributed by atoms with Gasteiger partial charge in [0.05, 0.1) is 11.5 Å². The first kappa shape index (κ1) is 15.7. The van der Waals surface area contributed by atoms with Crippen molar-refractivity contribution in [1.82, 2.24) is 10.1 Å². The lowest BCUT2D eigenvalue weighted by Gasteiger charge is -2.03. The maximum Gasteiger partial charge on any atom is 0.321 e. The van der Waals surface area contributed by atoms with Crippen LogP contribution in [0.5, 0.6) is 5.75 Å². The first-order valence-electron chi connectivity index (χ1n) is 7.68. The van der Waals surface area contributed by atoms with Crippen molar-refractivity contribution in [2.45, 2.75) is 12.7 Å². The molecule has 0 atom stereocenters. The second-order valence-electron chi connectivity index (χ2n) is 5.45. The Hall–Kier alpha value is -2.80. The van der Waals surface area contributed by atoms with Crippen LogP contribution in [0.3, 0.4) is 0 Å². The number of aryl methyl sites for hydroxylation is 1. The fraction of sp³-hybridized carbons (Fsp3) is 0.167. The van der Waals surface area contributed by atoms with E-state index in [1.54, 1.807) is 13.0 Å². The topological polar surface area (TPSA) is 78.4 Å². The van der Waals surface area contributed by atoms with Gasteiger partial charge >= 0.3 is 5.97 Å². The summed E-state index contributed by atoms with van der Waals surface area (Å²) in [5.74, 6) is 1.97. The number of esters is 1. The molecule has 0 aliphatic rings. The summed E-state index contributed by atoms with van der Waals surface area (Å²) in [6.45, 7) is 1.73. The Balaban J connectivity index is 1.43. The van der Waals surface area contributed by atoms with Gasteiger partial charge in [-0.05, 0) is 24.3 Å². The highest BCUT2D eigenvalue weighted by Crippen LogP contribution is 2.31. The van der Waals surface area contributed by atoms with E-state index < -0.39 is 0 Å². The van der Waals surface area contributed by atoms with Crippen molar-refractivity contribution in [2.75, 3.05) is 5.75 Å². The molecule has 2 aromatic carbocycles. The van der Waals surface area contributed by atoms with Crippen molar-refractivity contribution in [3.05, 3.63) is 54.2 Å². The lowest BCUT2D eigenvalue weighted by atomic mass is 10.1. The van der Waals surface area contributed by atoms with Gasteiger partial charge in [-0.3, -0.25) is 4.79 Å². The van der Waals surface area contributed by atoms with Crippen LogP contribution < -0.4 is 4.74 Å². The van der Waals surface area contributed by atoms with Crippen molar-refractivity contribution in [3.8, 4) is 5.75 Å². The van der Waals surface area contributed by atoms with Crippen LogP contribution in [-0.2, 0) is 10.5 Å². The molecule has 25 heavy (non-hydrogen) atoms. The van der Waals surface area contributed by atoms with Gasteiger partial charge in [-0.15, -0.1) is 11.8 Å². The number of benzene rings is 2. The number of thioether (sulfide) groups is 1. The second-order valence-corrected chi connectivity index (χ2v) is 6.44. The molecule has 0 saturated carbocycles. The molecule has 0 saturated heterocycles. The Bertz CT molecular complexity index is 1050. The fourth-order valence-electron chi connectivity index (χ4n) is 2.56. The van der Waals surface area contributed by atoms with E-state index in [0.29, 0.717) is 23.2 Å². The molecule has 126 valence electrons. The van der Waals surface area contributed by atoms with Crippen molar-refractivity contribution < 1.29 is 18.5 Å². The second kappa shape index (κ2) is 6.60. The number of hydrogen-bond donors (Lipinski definition) is 0. The average Bonchev–Trinajstić information content (AvgIpc) is 3.18. The van der Waals surface area contributed by atoms with Crippen molar-refractivity contribution in [3.63, 3.8) is 0 Å². The molecule has 0 aliphatic carbocycles. The highest BCUT2D eigenvalue weighted by Gasteiger charge is 2.11. The summed E-state index contributed by atoms with van der Waals surface area (Å²) in [5, 5.41) is 5.71. The van der Waals surface area contributed by atoms with Gasteiger partial charge in [0.1, 0.15) is 16.9 Å². The van der Waals surface area contributed by atoms with E-state index in [0.717, 1.165) is 21.9 Å².